The second kappa shape index (κ2) is 10.3. The molecule has 2 aliphatic heterocycles. The maximum Gasteiger partial charge on any atom is 0.573 e. The molecule has 9 heteroatoms. The van der Waals surface area contributed by atoms with Crippen LogP contribution >= 0.6 is 0 Å². The van der Waals surface area contributed by atoms with E-state index in [0.717, 1.165) is 43.2 Å². The van der Waals surface area contributed by atoms with Gasteiger partial charge in [0.15, 0.2) is 0 Å². The Morgan fingerprint density at radius 3 is 2.72 bits per heavy atom. The molecule has 3 fully saturated rings. The Balaban J connectivity index is 1.21. The molecular formula is C34H39F3N2O4. The lowest BCUT2D eigenvalue weighted by Gasteiger charge is -2.65. The van der Waals surface area contributed by atoms with Crippen LogP contribution in [0.3, 0.4) is 0 Å². The smallest absolute Gasteiger partial charge is 0.487 e. The highest BCUT2D eigenvalue weighted by molar-refractivity contribution is 5.92. The number of nitrogens with zero attached hydrogens (tertiary/aromatic N) is 2. The molecule has 6 nitrogen and oxygen atoms in total. The van der Waals surface area contributed by atoms with Crippen LogP contribution in [0.25, 0.3) is 6.08 Å². The van der Waals surface area contributed by atoms with Gasteiger partial charge in [0.1, 0.15) is 17.6 Å². The van der Waals surface area contributed by atoms with Crippen LogP contribution in [0.5, 0.6) is 11.5 Å². The third-order valence-electron chi connectivity index (χ3n) is 10.4. The Morgan fingerprint density at radius 1 is 1.19 bits per heavy atom. The largest absolute Gasteiger partial charge is 0.573 e. The molecule has 2 aromatic rings. The molecule has 0 radical (unpaired) electrons. The van der Waals surface area contributed by atoms with E-state index in [2.05, 4.69) is 29.6 Å². The topological polar surface area (TPSA) is 62.2 Å². The molecule has 7 rings (SSSR count). The summed E-state index contributed by atoms with van der Waals surface area (Å²) in [7, 11) is 0. The van der Waals surface area contributed by atoms with Crippen molar-refractivity contribution in [1.29, 1.82) is 0 Å². The number of benzene rings is 2. The van der Waals surface area contributed by atoms with Crippen molar-refractivity contribution in [3.8, 4) is 11.5 Å². The Labute approximate surface area is 250 Å². The summed E-state index contributed by atoms with van der Waals surface area (Å²) in [5.74, 6) is 1.18. The van der Waals surface area contributed by atoms with E-state index in [1.54, 1.807) is 6.07 Å². The van der Waals surface area contributed by atoms with Crippen molar-refractivity contribution in [2.45, 2.75) is 87.9 Å². The predicted molar refractivity (Wildman–Crippen MR) is 156 cm³/mol. The molecule has 230 valence electrons. The summed E-state index contributed by atoms with van der Waals surface area (Å²) in [4.78, 5) is 18.3. The molecule has 1 spiro atoms. The Hall–Kier alpha value is -3.04. The third kappa shape index (κ3) is 4.83. The average molecular weight is 597 g/mol. The zero-order valence-electron chi connectivity index (χ0n) is 24.6. The van der Waals surface area contributed by atoms with Gasteiger partial charge in [-0.3, -0.25) is 9.69 Å². The molecule has 5 atom stereocenters. The number of amides is 1. The van der Waals surface area contributed by atoms with Crippen molar-refractivity contribution in [2.75, 3.05) is 19.6 Å². The lowest BCUT2D eigenvalue weighted by molar-refractivity contribution is -0.274. The van der Waals surface area contributed by atoms with Crippen LogP contribution in [0.1, 0.15) is 62.6 Å². The molecule has 1 amide bonds. The minimum absolute atomic E-state index is 0.0232. The molecule has 2 aromatic carbocycles. The summed E-state index contributed by atoms with van der Waals surface area (Å²) < 4.78 is 49.1. The molecule has 43 heavy (non-hydrogen) atoms. The average Bonchev–Trinajstić information content (AvgIpc) is 3.69. The summed E-state index contributed by atoms with van der Waals surface area (Å²) in [5.41, 5.74) is 1.29. The van der Waals surface area contributed by atoms with Gasteiger partial charge in [-0.25, -0.2) is 0 Å². The number of aliphatic hydroxyl groups is 1. The van der Waals surface area contributed by atoms with Gasteiger partial charge < -0.3 is 19.5 Å². The lowest BCUT2D eigenvalue weighted by Crippen LogP contribution is -2.78. The fourth-order valence-corrected chi connectivity index (χ4v) is 8.61. The van der Waals surface area contributed by atoms with E-state index >= 15 is 0 Å². The van der Waals surface area contributed by atoms with Crippen molar-refractivity contribution >= 4 is 12.0 Å². The van der Waals surface area contributed by atoms with E-state index < -0.39 is 17.4 Å². The standard InChI is InChI=1S/C34H39F3N2O4/c1-21(2)19-39(29(40)12-11-22-5-3-7-25(17-22)43-34(35,36)37)26-13-14-33(41)28-18-24-6-4-8-27-30(24)32(33,31(26)42-27)15-16-38(28)20-23-9-10-23/h3-8,11-12,17,21,23,26,28,31,41H,9-10,13-16,18-20H2,1-2H3/b12-11+/t26?,28-,31?,32+,33-/m1/s1. The van der Waals surface area contributed by atoms with Crippen LogP contribution < -0.4 is 9.47 Å². The van der Waals surface area contributed by atoms with Crippen LogP contribution in [-0.2, 0) is 16.6 Å². The van der Waals surface area contributed by atoms with Crippen molar-refractivity contribution in [1.82, 2.24) is 9.80 Å². The Kier molecular flexibility index (Phi) is 6.85. The van der Waals surface area contributed by atoms with Gasteiger partial charge in [0.25, 0.3) is 0 Å². The molecule has 1 saturated heterocycles. The number of hydrogen-bond acceptors (Lipinski definition) is 5. The van der Waals surface area contributed by atoms with E-state index in [4.69, 9.17) is 4.74 Å². The molecule has 2 heterocycles. The van der Waals surface area contributed by atoms with Crippen LogP contribution in [0.15, 0.2) is 48.5 Å². The van der Waals surface area contributed by atoms with Crippen LogP contribution in [0.4, 0.5) is 13.2 Å². The van der Waals surface area contributed by atoms with Gasteiger partial charge in [0.2, 0.25) is 5.91 Å². The van der Waals surface area contributed by atoms with Crippen molar-refractivity contribution in [3.05, 3.63) is 65.2 Å². The highest BCUT2D eigenvalue weighted by atomic mass is 19.4. The second-order valence-electron chi connectivity index (χ2n) is 13.6. The molecule has 2 bridgehead atoms. The second-order valence-corrected chi connectivity index (χ2v) is 13.6. The van der Waals surface area contributed by atoms with E-state index in [9.17, 15) is 23.1 Å². The minimum atomic E-state index is -4.79. The first-order chi connectivity index (χ1) is 20.5. The zero-order chi connectivity index (χ0) is 30.1. The monoisotopic (exact) mass is 596 g/mol. The SMILES string of the molecule is CC(C)CN(C(=O)/C=C/c1cccc(OC(F)(F)F)c1)C1CC[C@@]2(O)[C@H]3Cc4cccc5c4[C@@]2(CCN3CC2CC2)C1O5. The third-order valence-corrected chi connectivity index (χ3v) is 10.4. The number of piperidine rings is 1. The number of rotatable bonds is 8. The van der Waals surface area contributed by atoms with E-state index in [1.807, 2.05) is 17.0 Å². The summed E-state index contributed by atoms with van der Waals surface area (Å²) in [6.07, 6.45) is 3.11. The lowest BCUT2D eigenvalue weighted by atomic mass is 9.48. The maximum absolute atomic E-state index is 13.9. The highest BCUT2D eigenvalue weighted by Gasteiger charge is 2.73. The Morgan fingerprint density at radius 2 is 1.98 bits per heavy atom. The van der Waals surface area contributed by atoms with Gasteiger partial charge in [-0.15, -0.1) is 13.2 Å². The molecule has 5 aliphatic rings. The zero-order valence-corrected chi connectivity index (χ0v) is 24.6. The van der Waals surface area contributed by atoms with Crippen LogP contribution in [-0.4, -0.2) is 70.6 Å². The van der Waals surface area contributed by atoms with E-state index in [0.29, 0.717) is 24.9 Å². The van der Waals surface area contributed by atoms with Gasteiger partial charge in [-0.1, -0.05) is 38.1 Å². The quantitative estimate of drug-likeness (QED) is 0.396. The molecule has 2 saturated carbocycles. The minimum Gasteiger partial charge on any atom is -0.487 e. The van der Waals surface area contributed by atoms with Gasteiger partial charge in [-0.2, -0.15) is 0 Å². The molecule has 3 aliphatic carbocycles. The number of alkyl halides is 3. The van der Waals surface area contributed by atoms with E-state index in [-0.39, 0.29) is 35.8 Å². The predicted octanol–water partition coefficient (Wildman–Crippen LogP) is 5.72. The van der Waals surface area contributed by atoms with Gasteiger partial charge in [0, 0.05) is 30.8 Å². The first-order valence-corrected chi connectivity index (χ1v) is 15.6. The summed E-state index contributed by atoms with van der Waals surface area (Å²) in [6.45, 7) is 6.56. The van der Waals surface area contributed by atoms with Gasteiger partial charge in [0.05, 0.1) is 17.1 Å². The maximum atomic E-state index is 13.9. The van der Waals surface area contributed by atoms with Crippen molar-refractivity contribution in [3.63, 3.8) is 0 Å². The number of likely N-dealkylation sites (tertiary alicyclic amines) is 1. The molecule has 1 N–H and O–H groups in total. The summed E-state index contributed by atoms with van der Waals surface area (Å²) in [6, 6.07) is 11.6. The van der Waals surface area contributed by atoms with Crippen molar-refractivity contribution in [2.24, 2.45) is 11.8 Å². The number of ether oxygens (including phenoxy) is 2. The van der Waals surface area contributed by atoms with Gasteiger partial charge >= 0.3 is 6.36 Å². The summed E-state index contributed by atoms with van der Waals surface area (Å²) in [5, 5.41) is 12.8. The van der Waals surface area contributed by atoms with Crippen LogP contribution in [0.2, 0.25) is 0 Å². The summed E-state index contributed by atoms with van der Waals surface area (Å²) >= 11 is 0. The van der Waals surface area contributed by atoms with Crippen LogP contribution in [0, 0.1) is 11.8 Å². The Bertz CT molecular complexity index is 1440. The molecular weight excluding hydrogens is 557 g/mol. The first kappa shape index (κ1) is 28.7. The van der Waals surface area contributed by atoms with Crippen molar-refractivity contribution < 1.29 is 32.5 Å². The molecule has 0 aromatic heterocycles. The van der Waals surface area contributed by atoms with Gasteiger partial charge in [-0.05, 0) is 92.3 Å². The number of carbonyl (C=O) groups excluding carboxylic acids is 1. The normalized spacial score (nSPS) is 31.2. The number of halogens is 3. The fourth-order valence-electron chi connectivity index (χ4n) is 8.61. The number of carbonyl (C=O) groups is 1. The number of hydrogen-bond donors (Lipinski definition) is 1. The first-order valence-electron chi connectivity index (χ1n) is 15.6. The highest BCUT2D eigenvalue weighted by Crippen LogP contribution is 2.64. The molecule has 2 unspecified atom stereocenters. The van der Waals surface area contributed by atoms with E-state index in [1.165, 1.54) is 48.8 Å². The fraction of sp³-hybridized carbons (Fsp3) is 0.559.